The lowest BCUT2D eigenvalue weighted by Gasteiger charge is -2.22. The van der Waals surface area contributed by atoms with Gasteiger partial charge >= 0.3 is 0 Å². The van der Waals surface area contributed by atoms with Gasteiger partial charge in [0.05, 0.1) is 6.61 Å². The van der Waals surface area contributed by atoms with Crippen molar-refractivity contribution in [2.75, 3.05) is 19.7 Å². The zero-order chi connectivity index (χ0) is 16.3. The van der Waals surface area contributed by atoms with Crippen molar-refractivity contribution in [3.8, 4) is 0 Å². The summed E-state index contributed by atoms with van der Waals surface area (Å²) in [6, 6.07) is 0. The molecular weight excluding hydrogens is 270 g/mol. The predicted octanol–water partition coefficient (Wildman–Crippen LogP) is 6.74. The van der Waals surface area contributed by atoms with Crippen LogP contribution in [0.25, 0.3) is 0 Å². The molecule has 0 amide bonds. The van der Waals surface area contributed by atoms with Gasteiger partial charge in [0.1, 0.15) is 0 Å². The second-order valence-corrected chi connectivity index (χ2v) is 6.65. The number of hydroxylamine groups is 2. The van der Waals surface area contributed by atoms with E-state index in [1.54, 1.807) is 0 Å². The van der Waals surface area contributed by atoms with Crippen LogP contribution >= 0.6 is 0 Å². The molecule has 22 heavy (non-hydrogen) atoms. The van der Waals surface area contributed by atoms with Crippen molar-refractivity contribution < 1.29 is 4.84 Å². The van der Waals surface area contributed by atoms with Crippen molar-refractivity contribution in [1.82, 2.24) is 5.06 Å². The summed E-state index contributed by atoms with van der Waals surface area (Å²) in [6.45, 7) is 9.96. The zero-order valence-electron chi connectivity index (χ0n) is 15.9. The Hall–Kier alpha value is -0.0800. The average molecular weight is 314 g/mol. The molecule has 0 unspecified atom stereocenters. The fourth-order valence-electron chi connectivity index (χ4n) is 2.72. The van der Waals surface area contributed by atoms with Crippen molar-refractivity contribution in [1.29, 1.82) is 0 Å². The maximum absolute atomic E-state index is 5.97. The third-order valence-electron chi connectivity index (χ3n) is 4.29. The van der Waals surface area contributed by atoms with Gasteiger partial charge in [0.15, 0.2) is 0 Å². The number of rotatable bonds is 18. The Kier molecular flexibility index (Phi) is 18.9. The molecule has 0 N–H and O–H groups in total. The van der Waals surface area contributed by atoms with Crippen LogP contribution in [0.15, 0.2) is 0 Å². The van der Waals surface area contributed by atoms with Gasteiger partial charge in [0.25, 0.3) is 0 Å². The first-order valence-corrected chi connectivity index (χ1v) is 10.2. The molecule has 0 radical (unpaired) electrons. The molecule has 2 nitrogen and oxygen atoms in total. The summed E-state index contributed by atoms with van der Waals surface area (Å²) in [5, 5.41) is 2.26. The molecule has 134 valence electrons. The Bertz CT molecular complexity index is 180. The summed E-state index contributed by atoms with van der Waals surface area (Å²) >= 11 is 0. The molecule has 0 fully saturated rings. The smallest absolute Gasteiger partial charge is 0.0685 e. The third kappa shape index (κ3) is 16.3. The Morgan fingerprint density at radius 1 is 0.500 bits per heavy atom. The first kappa shape index (κ1) is 21.9. The van der Waals surface area contributed by atoms with Gasteiger partial charge in [-0.25, -0.2) is 0 Å². The van der Waals surface area contributed by atoms with Crippen LogP contribution in [0, 0.1) is 0 Å². The summed E-state index contributed by atoms with van der Waals surface area (Å²) in [5.41, 5.74) is 0. The van der Waals surface area contributed by atoms with E-state index in [0.717, 1.165) is 19.7 Å². The molecule has 0 spiro atoms. The fourth-order valence-corrected chi connectivity index (χ4v) is 2.72. The van der Waals surface area contributed by atoms with E-state index in [1.807, 2.05) is 0 Å². The quantitative estimate of drug-likeness (QED) is 0.205. The minimum absolute atomic E-state index is 0.905. The van der Waals surface area contributed by atoms with Crippen LogP contribution in [0.5, 0.6) is 0 Å². The molecule has 0 heterocycles. The highest BCUT2D eigenvalue weighted by Gasteiger charge is 2.05. The zero-order valence-corrected chi connectivity index (χ0v) is 15.9. The SMILES string of the molecule is CCCCCCCCN(CCCCCCCC)OCCCC. The molecule has 0 aromatic carbocycles. The highest BCUT2D eigenvalue weighted by atomic mass is 16.7. The van der Waals surface area contributed by atoms with Crippen LogP contribution in [0.3, 0.4) is 0 Å². The lowest BCUT2D eigenvalue weighted by atomic mass is 10.1. The van der Waals surface area contributed by atoms with Crippen LogP contribution in [0.2, 0.25) is 0 Å². The molecule has 2 heteroatoms. The van der Waals surface area contributed by atoms with Gasteiger partial charge in [-0.3, -0.25) is 4.84 Å². The van der Waals surface area contributed by atoms with E-state index in [1.165, 1.54) is 89.9 Å². The number of hydrogen-bond donors (Lipinski definition) is 0. The molecule has 0 aromatic heterocycles. The Morgan fingerprint density at radius 2 is 0.909 bits per heavy atom. The molecule has 0 saturated heterocycles. The number of hydrogen-bond acceptors (Lipinski definition) is 2. The van der Waals surface area contributed by atoms with E-state index in [-0.39, 0.29) is 0 Å². The summed E-state index contributed by atoms with van der Waals surface area (Å²) in [5.74, 6) is 0. The number of unbranched alkanes of at least 4 members (excludes halogenated alkanes) is 11. The Balaban J connectivity index is 3.65. The van der Waals surface area contributed by atoms with E-state index in [2.05, 4.69) is 25.8 Å². The largest absolute Gasteiger partial charge is 0.299 e. The van der Waals surface area contributed by atoms with Gasteiger partial charge in [0.2, 0.25) is 0 Å². The van der Waals surface area contributed by atoms with Gasteiger partial charge < -0.3 is 0 Å². The molecule has 0 atom stereocenters. The van der Waals surface area contributed by atoms with Crippen molar-refractivity contribution >= 4 is 0 Å². The summed E-state index contributed by atoms with van der Waals surface area (Å²) in [4.78, 5) is 5.97. The molecule has 0 aliphatic heterocycles. The lowest BCUT2D eigenvalue weighted by Crippen LogP contribution is -2.27. The predicted molar refractivity (Wildman–Crippen MR) is 99.2 cm³/mol. The molecule has 0 bridgehead atoms. The maximum Gasteiger partial charge on any atom is 0.0685 e. The van der Waals surface area contributed by atoms with E-state index in [4.69, 9.17) is 4.84 Å². The van der Waals surface area contributed by atoms with E-state index < -0.39 is 0 Å². The number of nitrogens with zero attached hydrogens (tertiary/aromatic N) is 1. The summed E-state index contributed by atoms with van der Waals surface area (Å²) in [6.07, 6.45) is 18.8. The highest BCUT2D eigenvalue weighted by Crippen LogP contribution is 2.09. The van der Waals surface area contributed by atoms with Gasteiger partial charge in [-0.2, -0.15) is 5.06 Å². The van der Waals surface area contributed by atoms with Crippen molar-refractivity contribution in [3.05, 3.63) is 0 Å². The molecule has 0 saturated carbocycles. The molecular formula is C20H43NO. The van der Waals surface area contributed by atoms with Crippen LogP contribution in [-0.4, -0.2) is 24.8 Å². The monoisotopic (exact) mass is 313 g/mol. The standard InChI is InChI=1S/C20H43NO/c1-4-7-10-12-14-16-18-21(22-20-9-6-3)19-17-15-13-11-8-5-2/h4-20H2,1-3H3. The van der Waals surface area contributed by atoms with Crippen molar-refractivity contribution in [2.45, 2.75) is 111 Å². The molecule has 0 aliphatic rings. The van der Waals surface area contributed by atoms with E-state index >= 15 is 0 Å². The Morgan fingerprint density at radius 3 is 1.36 bits per heavy atom. The van der Waals surface area contributed by atoms with Gasteiger partial charge in [-0.1, -0.05) is 91.4 Å². The highest BCUT2D eigenvalue weighted by molar-refractivity contribution is 4.52. The van der Waals surface area contributed by atoms with Gasteiger partial charge in [0, 0.05) is 13.1 Å². The minimum Gasteiger partial charge on any atom is -0.299 e. The van der Waals surface area contributed by atoms with Gasteiger partial charge in [-0.05, 0) is 19.3 Å². The normalized spacial score (nSPS) is 11.5. The van der Waals surface area contributed by atoms with Crippen molar-refractivity contribution in [2.24, 2.45) is 0 Å². The third-order valence-corrected chi connectivity index (χ3v) is 4.29. The van der Waals surface area contributed by atoms with Gasteiger partial charge in [-0.15, -0.1) is 0 Å². The second kappa shape index (κ2) is 19.0. The molecule has 0 rings (SSSR count). The maximum atomic E-state index is 5.97. The minimum atomic E-state index is 0.905. The first-order valence-electron chi connectivity index (χ1n) is 10.2. The van der Waals surface area contributed by atoms with Crippen molar-refractivity contribution in [3.63, 3.8) is 0 Å². The summed E-state index contributed by atoms with van der Waals surface area (Å²) in [7, 11) is 0. The average Bonchev–Trinajstić information content (AvgIpc) is 2.53. The van der Waals surface area contributed by atoms with E-state index in [9.17, 15) is 0 Å². The van der Waals surface area contributed by atoms with Crippen LogP contribution in [0.1, 0.15) is 111 Å². The first-order chi connectivity index (χ1) is 10.8. The second-order valence-electron chi connectivity index (χ2n) is 6.65. The topological polar surface area (TPSA) is 12.5 Å². The fraction of sp³-hybridized carbons (Fsp3) is 1.00. The molecule has 0 aliphatic carbocycles. The lowest BCUT2D eigenvalue weighted by molar-refractivity contribution is -0.161. The Labute approximate surface area is 141 Å². The van der Waals surface area contributed by atoms with E-state index in [0.29, 0.717) is 0 Å². The van der Waals surface area contributed by atoms with Crippen LogP contribution in [-0.2, 0) is 4.84 Å². The molecule has 0 aromatic rings. The van der Waals surface area contributed by atoms with Crippen LogP contribution in [0.4, 0.5) is 0 Å². The van der Waals surface area contributed by atoms with Crippen LogP contribution < -0.4 is 0 Å². The summed E-state index contributed by atoms with van der Waals surface area (Å²) < 4.78 is 0.